The third kappa shape index (κ3) is 3.80. The van der Waals surface area contributed by atoms with E-state index in [1.54, 1.807) is 6.07 Å². The third-order valence-electron chi connectivity index (χ3n) is 3.38. The van der Waals surface area contributed by atoms with Crippen LogP contribution in [0.5, 0.6) is 0 Å². The normalized spacial score (nSPS) is 16.4. The average Bonchev–Trinajstić information content (AvgIpc) is 2.44. The number of anilines is 1. The molecule has 2 rings (SSSR count). The monoisotopic (exact) mass is 298 g/mol. The van der Waals surface area contributed by atoms with E-state index in [9.17, 15) is 4.79 Å². The summed E-state index contributed by atoms with van der Waals surface area (Å²) in [6.45, 7) is 4.36. The Labute approximate surface area is 123 Å². The number of nitrogens with zero attached hydrogens (tertiary/aromatic N) is 3. The number of hydrogen-bond acceptors (Lipinski definition) is 5. The molecule has 20 heavy (non-hydrogen) atoms. The summed E-state index contributed by atoms with van der Waals surface area (Å²) in [5.41, 5.74) is 5.33. The lowest BCUT2D eigenvalue weighted by Gasteiger charge is -2.31. The Hall–Kier alpha value is -1.40. The van der Waals surface area contributed by atoms with Crippen LogP contribution in [-0.4, -0.2) is 35.6 Å². The van der Waals surface area contributed by atoms with Gasteiger partial charge in [0.2, 0.25) is 5.91 Å². The lowest BCUT2D eigenvalue weighted by molar-refractivity contribution is -0.122. The predicted molar refractivity (Wildman–Crippen MR) is 76.5 cm³/mol. The number of ether oxygens (including phenoxy) is 1. The minimum atomic E-state index is -0.220. The molecule has 1 aromatic rings. The van der Waals surface area contributed by atoms with E-state index in [2.05, 4.69) is 14.9 Å². The Morgan fingerprint density at radius 3 is 2.80 bits per heavy atom. The van der Waals surface area contributed by atoms with Crippen molar-refractivity contribution in [1.82, 2.24) is 9.97 Å². The van der Waals surface area contributed by atoms with Gasteiger partial charge in [-0.05, 0) is 19.8 Å². The molecule has 0 saturated carbocycles. The van der Waals surface area contributed by atoms with Gasteiger partial charge in [0, 0.05) is 31.7 Å². The predicted octanol–water partition coefficient (Wildman–Crippen LogP) is 1.37. The van der Waals surface area contributed by atoms with E-state index in [-0.39, 0.29) is 11.8 Å². The molecule has 0 atom stereocenters. The number of carbonyl (C=O) groups is 1. The van der Waals surface area contributed by atoms with E-state index in [0.29, 0.717) is 24.2 Å². The van der Waals surface area contributed by atoms with E-state index in [4.69, 9.17) is 22.1 Å². The molecule has 2 N–H and O–H groups in total. The van der Waals surface area contributed by atoms with Crippen LogP contribution in [-0.2, 0) is 16.1 Å². The Balaban J connectivity index is 2.05. The van der Waals surface area contributed by atoms with Crippen molar-refractivity contribution in [3.63, 3.8) is 0 Å². The van der Waals surface area contributed by atoms with Crippen LogP contribution in [0.15, 0.2) is 6.07 Å². The van der Waals surface area contributed by atoms with Crippen molar-refractivity contribution in [2.75, 3.05) is 24.6 Å². The molecule has 0 unspecified atom stereocenters. The van der Waals surface area contributed by atoms with Gasteiger partial charge in [0.05, 0.1) is 0 Å². The topological polar surface area (TPSA) is 81.3 Å². The molecule has 0 spiro atoms. The number of amides is 1. The standard InChI is InChI=1S/C13H19ClN4O2/c1-2-20-8-11-16-10(14)7-12(17-11)18-5-3-9(4-6-18)13(15)19/h7,9H,2-6,8H2,1H3,(H2,15,19). The lowest BCUT2D eigenvalue weighted by atomic mass is 9.96. The Morgan fingerprint density at radius 2 is 2.20 bits per heavy atom. The van der Waals surface area contributed by atoms with Crippen LogP contribution < -0.4 is 10.6 Å². The van der Waals surface area contributed by atoms with Gasteiger partial charge in [-0.3, -0.25) is 4.79 Å². The van der Waals surface area contributed by atoms with E-state index in [1.165, 1.54) is 0 Å². The number of hydrogen-bond donors (Lipinski definition) is 1. The second-order valence-electron chi connectivity index (χ2n) is 4.77. The average molecular weight is 299 g/mol. The van der Waals surface area contributed by atoms with Gasteiger partial charge in [0.15, 0.2) is 5.82 Å². The molecular weight excluding hydrogens is 280 g/mol. The molecule has 1 aliphatic rings. The Morgan fingerprint density at radius 1 is 1.50 bits per heavy atom. The number of carbonyl (C=O) groups excluding carboxylic acids is 1. The zero-order chi connectivity index (χ0) is 14.5. The van der Waals surface area contributed by atoms with Crippen molar-refractivity contribution < 1.29 is 9.53 Å². The number of nitrogens with two attached hydrogens (primary N) is 1. The minimum Gasteiger partial charge on any atom is -0.374 e. The van der Waals surface area contributed by atoms with Crippen LogP contribution in [0.1, 0.15) is 25.6 Å². The Kier molecular flexibility index (Phi) is 5.14. The first-order chi connectivity index (χ1) is 9.60. The largest absolute Gasteiger partial charge is 0.374 e. The third-order valence-corrected chi connectivity index (χ3v) is 3.58. The number of aromatic nitrogens is 2. The molecule has 0 radical (unpaired) electrons. The summed E-state index contributed by atoms with van der Waals surface area (Å²) in [4.78, 5) is 21.9. The first kappa shape index (κ1) is 15.0. The van der Waals surface area contributed by atoms with Crippen molar-refractivity contribution >= 4 is 23.3 Å². The molecule has 110 valence electrons. The van der Waals surface area contributed by atoms with Crippen LogP contribution in [0.3, 0.4) is 0 Å². The SMILES string of the molecule is CCOCc1nc(Cl)cc(N2CCC(C(N)=O)CC2)n1. The van der Waals surface area contributed by atoms with Gasteiger partial charge in [-0.1, -0.05) is 11.6 Å². The van der Waals surface area contributed by atoms with Crippen LogP contribution >= 0.6 is 11.6 Å². The summed E-state index contributed by atoms with van der Waals surface area (Å²) in [6.07, 6.45) is 1.50. The van der Waals surface area contributed by atoms with E-state index >= 15 is 0 Å². The maximum atomic E-state index is 11.2. The number of rotatable bonds is 5. The fourth-order valence-corrected chi connectivity index (χ4v) is 2.46. The molecule has 0 bridgehead atoms. The van der Waals surface area contributed by atoms with E-state index in [0.717, 1.165) is 31.7 Å². The summed E-state index contributed by atoms with van der Waals surface area (Å²) in [5.74, 6) is 1.10. The zero-order valence-electron chi connectivity index (χ0n) is 11.5. The maximum absolute atomic E-state index is 11.2. The summed E-state index contributed by atoms with van der Waals surface area (Å²) >= 11 is 6.02. The molecule has 2 heterocycles. The van der Waals surface area contributed by atoms with Gasteiger partial charge < -0.3 is 15.4 Å². The van der Waals surface area contributed by atoms with Crippen LogP contribution in [0, 0.1) is 5.92 Å². The van der Waals surface area contributed by atoms with Gasteiger partial charge in [-0.25, -0.2) is 9.97 Å². The van der Waals surface area contributed by atoms with Gasteiger partial charge in [-0.15, -0.1) is 0 Å². The molecule has 1 aromatic heterocycles. The van der Waals surface area contributed by atoms with Crippen molar-refractivity contribution in [1.29, 1.82) is 0 Å². The molecule has 6 nitrogen and oxygen atoms in total. The summed E-state index contributed by atoms with van der Waals surface area (Å²) in [7, 11) is 0. The second kappa shape index (κ2) is 6.85. The lowest BCUT2D eigenvalue weighted by Crippen LogP contribution is -2.39. The maximum Gasteiger partial charge on any atom is 0.220 e. The number of halogens is 1. The first-order valence-corrected chi connectivity index (χ1v) is 7.13. The second-order valence-corrected chi connectivity index (χ2v) is 5.15. The molecule has 7 heteroatoms. The van der Waals surface area contributed by atoms with Gasteiger partial charge >= 0.3 is 0 Å². The van der Waals surface area contributed by atoms with Crippen molar-refractivity contribution in [2.24, 2.45) is 11.7 Å². The Bertz CT molecular complexity index is 475. The zero-order valence-corrected chi connectivity index (χ0v) is 12.3. The van der Waals surface area contributed by atoms with Gasteiger partial charge in [0.25, 0.3) is 0 Å². The highest BCUT2D eigenvalue weighted by Crippen LogP contribution is 2.23. The smallest absolute Gasteiger partial charge is 0.220 e. The molecule has 1 aliphatic heterocycles. The molecule has 1 fully saturated rings. The molecule has 0 aliphatic carbocycles. The van der Waals surface area contributed by atoms with Crippen LogP contribution in [0.25, 0.3) is 0 Å². The fourth-order valence-electron chi connectivity index (χ4n) is 2.26. The van der Waals surface area contributed by atoms with Gasteiger partial charge in [-0.2, -0.15) is 0 Å². The fraction of sp³-hybridized carbons (Fsp3) is 0.615. The van der Waals surface area contributed by atoms with Crippen molar-refractivity contribution in [2.45, 2.75) is 26.4 Å². The van der Waals surface area contributed by atoms with Crippen LogP contribution in [0.2, 0.25) is 5.15 Å². The number of primary amides is 1. The van der Waals surface area contributed by atoms with Crippen LogP contribution in [0.4, 0.5) is 5.82 Å². The first-order valence-electron chi connectivity index (χ1n) is 6.75. The van der Waals surface area contributed by atoms with E-state index in [1.807, 2.05) is 6.92 Å². The summed E-state index contributed by atoms with van der Waals surface area (Å²) in [5, 5.41) is 0.404. The minimum absolute atomic E-state index is 0.0357. The van der Waals surface area contributed by atoms with Crippen molar-refractivity contribution in [3.05, 3.63) is 17.0 Å². The highest BCUT2D eigenvalue weighted by molar-refractivity contribution is 6.29. The molecule has 0 aromatic carbocycles. The van der Waals surface area contributed by atoms with Crippen molar-refractivity contribution in [3.8, 4) is 0 Å². The number of piperidine rings is 1. The van der Waals surface area contributed by atoms with Gasteiger partial charge in [0.1, 0.15) is 17.6 Å². The summed E-state index contributed by atoms with van der Waals surface area (Å²) < 4.78 is 5.30. The highest BCUT2D eigenvalue weighted by atomic mass is 35.5. The van der Waals surface area contributed by atoms with E-state index < -0.39 is 0 Å². The molecule has 1 saturated heterocycles. The highest BCUT2D eigenvalue weighted by Gasteiger charge is 2.24. The molecular formula is C13H19ClN4O2. The summed E-state index contributed by atoms with van der Waals surface area (Å²) in [6, 6.07) is 1.74. The quantitative estimate of drug-likeness (QED) is 0.830. The molecule has 1 amide bonds.